The van der Waals surface area contributed by atoms with Crippen LogP contribution < -0.4 is 4.90 Å². The number of halogens is 1. The van der Waals surface area contributed by atoms with E-state index in [2.05, 4.69) is 6.07 Å². The molecule has 0 saturated carbocycles. The molecule has 1 aromatic carbocycles. The highest BCUT2D eigenvalue weighted by atomic mass is 19.1. The van der Waals surface area contributed by atoms with Crippen LogP contribution >= 0.6 is 0 Å². The van der Waals surface area contributed by atoms with Crippen molar-refractivity contribution in [2.45, 2.75) is 13.8 Å². The first-order chi connectivity index (χ1) is 10.0. The van der Waals surface area contributed by atoms with Crippen molar-refractivity contribution in [3.05, 3.63) is 30.1 Å². The molecule has 0 bridgehead atoms. The molecular weight excluding hydrogens is 269 g/mol. The quantitative estimate of drug-likeness (QED) is 0.857. The van der Waals surface area contributed by atoms with Gasteiger partial charge in [-0.15, -0.1) is 0 Å². The van der Waals surface area contributed by atoms with Crippen LogP contribution in [0.15, 0.2) is 24.3 Å². The lowest BCUT2D eigenvalue weighted by atomic mass is 9.95. The van der Waals surface area contributed by atoms with Crippen molar-refractivity contribution in [1.29, 1.82) is 5.26 Å². The van der Waals surface area contributed by atoms with Gasteiger partial charge in [0.1, 0.15) is 11.7 Å². The Bertz CT molecular complexity index is 545. The highest BCUT2D eigenvalue weighted by Crippen LogP contribution is 2.21. The maximum atomic E-state index is 13.8. The Morgan fingerprint density at radius 1 is 1.24 bits per heavy atom. The molecule has 21 heavy (non-hydrogen) atoms. The van der Waals surface area contributed by atoms with Crippen molar-refractivity contribution >= 4 is 11.6 Å². The monoisotopic (exact) mass is 289 g/mol. The molecule has 1 fully saturated rings. The van der Waals surface area contributed by atoms with Crippen LogP contribution in [0.3, 0.4) is 0 Å². The van der Waals surface area contributed by atoms with E-state index in [1.165, 1.54) is 6.07 Å². The summed E-state index contributed by atoms with van der Waals surface area (Å²) < 4.78 is 13.8. The molecule has 2 rings (SSSR count). The first kappa shape index (κ1) is 15.3. The number of carbonyl (C=O) groups is 1. The molecule has 112 valence electrons. The number of nitrogens with zero attached hydrogens (tertiary/aromatic N) is 3. The Labute approximate surface area is 124 Å². The summed E-state index contributed by atoms with van der Waals surface area (Å²) in [5, 5.41) is 9.11. The van der Waals surface area contributed by atoms with Crippen LogP contribution in [0.2, 0.25) is 0 Å². The van der Waals surface area contributed by atoms with E-state index in [0.29, 0.717) is 31.9 Å². The number of carbonyl (C=O) groups excluding carboxylic acids is 1. The number of amides is 1. The van der Waals surface area contributed by atoms with Gasteiger partial charge in [-0.1, -0.05) is 26.0 Å². The molecule has 1 amide bonds. The standard InChI is InChI=1S/C16H20FN3O/c1-12(2)13(11-18)16(21)20-9-7-19(8-10-20)15-6-4-3-5-14(15)17/h3-6,12-13H,7-10H2,1-2H3. The molecule has 1 aromatic rings. The van der Waals surface area contributed by atoms with Crippen LogP contribution in [0.5, 0.6) is 0 Å². The number of benzene rings is 1. The Balaban J connectivity index is 1.99. The second-order valence-electron chi connectivity index (χ2n) is 5.61. The second kappa shape index (κ2) is 6.57. The fourth-order valence-corrected chi connectivity index (χ4v) is 2.56. The highest BCUT2D eigenvalue weighted by molar-refractivity contribution is 5.81. The van der Waals surface area contributed by atoms with E-state index < -0.39 is 5.92 Å². The van der Waals surface area contributed by atoms with Crippen molar-refractivity contribution in [2.24, 2.45) is 11.8 Å². The summed E-state index contributed by atoms with van der Waals surface area (Å²) in [6.07, 6.45) is 0. The van der Waals surface area contributed by atoms with Gasteiger partial charge in [-0.3, -0.25) is 4.79 Å². The molecule has 1 aliphatic heterocycles. The zero-order valence-electron chi connectivity index (χ0n) is 12.4. The smallest absolute Gasteiger partial charge is 0.240 e. The molecule has 4 nitrogen and oxygen atoms in total. The van der Waals surface area contributed by atoms with Crippen molar-refractivity contribution < 1.29 is 9.18 Å². The summed E-state index contributed by atoms with van der Waals surface area (Å²) in [4.78, 5) is 15.9. The fourth-order valence-electron chi connectivity index (χ4n) is 2.56. The molecule has 5 heteroatoms. The highest BCUT2D eigenvalue weighted by Gasteiger charge is 2.29. The summed E-state index contributed by atoms with van der Waals surface area (Å²) in [5.74, 6) is -0.938. The van der Waals surface area contributed by atoms with Gasteiger partial charge in [-0.05, 0) is 18.1 Å². The minimum atomic E-state index is -0.593. The number of hydrogen-bond acceptors (Lipinski definition) is 3. The molecule has 1 heterocycles. The van der Waals surface area contributed by atoms with Gasteiger partial charge < -0.3 is 9.80 Å². The first-order valence-electron chi connectivity index (χ1n) is 7.22. The maximum absolute atomic E-state index is 13.8. The molecular formula is C16H20FN3O. The fraction of sp³-hybridized carbons (Fsp3) is 0.500. The largest absolute Gasteiger partial charge is 0.366 e. The summed E-state index contributed by atoms with van der Waals surface area (Å²) in [7, 11) is 0. The summed E-state index contributed by atoms with van der Waals surface area (Å²) in [6, 6.07) is 8.75. The number of rotatable bonds is 3. The zero-order valence-corrected chi connectivity index (χ0v) is 12.4. The molecule has 1 unspecified atom stereocenters. The summed E-state index contributed by atoms with van der Waals surface area (Å²) >= 11 is 0. The van der Waals surface area contributed by atoms with Gasteiger partial charge in [0, 0.05) is 26.2 Å². The van der Waals surface area contributed by atoms with E-state index >= 15 is 0 Å². The van der Waals surface area contributed by atoms with E-state index in [4.69, 9.17) is 5.26 Å². The van der Waals surface area contributed by atoms with Gasteiger partial charge in [0.2, 0.25) is 5.91 Å². The predicted octanol–water partition coefficient (Wildman–Crippen LogP) is 2.27. The van der Waals surface area contributed by atoms with Gasteiger partial charge in [-0.2, -0.15) is 5.26 Å². The number of para-hydroxylation sites is 1. The second-order valence-corrected chi connectivity index (χ2v) is 5.61. The van der Waals surface area contributed by atoms with Gasteiger partial charge in [0.05, 0.1) is 11.8 Å². The molecule has 1 atom stereocenters. The molecule has 0 spiro atoms. The molecule has 0 radical (unpaired) electrons. The zero-order chi connectivity index (χ0) is 15.4. The lowest BCUT2D eigenvalue weighted by molar-refractivity contribution is -0.135. The van der Waals surface area contributed by atoms with Crippen LogP contribution in [0.25, 0.3) is 0 Å². The molecule has 0 N–H and O–H groups in total. The van der Waals surface area contributed by atoms with Crippen LogP contribution in [-0.2, 0) is 4.79 Å². The lowest BCUT2D eigenvalue weighted by Gasteiger charge is -2.37. The normalized spacial score (nSPS) is 16.7. The van der Waals surface area contributed by atoms with Crippen molar-refractivity contribution in [3.8, 4) is 6.07 Å². The lowest BCUT2D eigenvalue weighted by Crippen LogP contribution is -2.51. The van der Waals surface area contributed by atoms with E-state index in [1.54, 1.807) is 23.1 Å². The van der Waals surface area contributed by atoms with Crippen molar-refractivity contribution in [3.63, 3.8) is 0 Å². The molecule has 0 aromatic heterocycles. The van der Waals surface area contributed by atoms with Crippen LogP contribution in [0, 0.1) is 29.0 Å². The summed E-state index contributed by atoms with van der Waals surface area (Å²) in [5.41, 5.74) is 0.574. The van der Waals surface area contributed by atoms with E-state index in [9.17, 15) is 9.18 Å². The third kappa shape index (κ3) is 3.33. The van der Waals surface area contributed by atoms with Gasteiger partial charge in [0.15, 0.2) is 0 Å². The average molecular weight is 289 g/mol. The van der Waals surface area contributed by atoms with Crippen molar-refractivity contribution in [2.75, 3.05) is 31.1 Å². The average Bonchev–Trinajstić information content (AvgIpc) is 2.48. The summed E-state index contributed by atoms with van der Waals surface area (Å²) in [6.45, 7) is 5.98. The first-order valence-corrected chi connectivity index (χ1v) is 7.22. The Kier molecular flexibility index (Phi) is 4.79. The maximum Gasteiger partial charge on any atom is 0.240 e. The minimum Gasteiger partial charge on any atom is -0.366 e. The van der Waals surface area contributed by atoms with E-state index in [1.807, 2.05) is 18.7 Å². The van der Waals surface area contributed by atoms with Gasteiger partial charge >= 0.3 is 0 Å². The number of nitriles is 1. The predicted molar refractivity (Wildman–Crippen MR) is 79.1 cm³/mol. The van der Waals surface area contributed by atoms with E-state index in [0.717, 1.165) is 0 Å². The Morgan fingerprint density at radius 2 is 1.86 bits per heavy atom. The SMILES string of the molecule is CC(C)C(C#N)C(=O)N1CCN(c2ccccc2F)CC1. The van der Waals surface area contributed by atoms with Crippen molar-refractivity contribution in [1.82, 2.24) is 4.90 Å². The van der Waals surface area contributed by atoms with Gasteiger partial charge in [-0.25, -0.2) is 4.39 Å². The Hall–Kier alpha value is -2.09. The third-order valence-corrected chi connectivity index (χ3v) is 3.86. The number of anilines is 1. The molecule has 0 aliphatic carbocycles. The third-order valence-electron chi connectivity index (χ3n) is 3.86. The number of piperazine rings is 1. The Morgan fingerprint density at radius 3 is 2.38 bits per heavy atom. The number of hydrogen-bond donors (Lipinski definition) is 0. The van der Waals surface area contributed by atoms with Crippen LogP contribution in [0.1, 0.15) is 13.8 Å². The van der Waals surface area contributed by atoms with E-state index in [-0.39, 0.29) is 17.6 Å². The topological polar surface area (TPSA) is 47.3 Å². The minimum absolute atomic E-state index is 0.00657. The van der Waals surface area contributed by atoms with Crippen LogP contribution in [-0.4, -0.2) is 37.0 Å². The van der Waals surface area contributed by atoms with Crippen LogP contribution in [0.4, 0.5) is 10.1 Å². The molecule has 1 aliphatic rings. The molecule has 1 saturated heterocycles. The van der Waals surface area contributed by atoms with Gasteiger partial charge in [0.25, 0.3) is 0 Å².